The van der Waals surface area contributed by atoms with E-state index in [0.29, 0.717) is 23.5 Å². The Morgan fingerprint density at radius 3 is 2.32 bits per heavy atom. The van der Waals surface area contributed by atoms with E-state index in [1.807, 2.05) is 36.4 Å². The van der Waals surface area contributed by atoms with Gasteiger partial charge >= 0.3 is 0 Å². The lowest BCUT2D eigenvalue weighted by Gasteiger charge is -2.32. The van der Waals surface area contributed by atoms with Crippen molar-refractivity contribution in [2.45, 2.75) is 13.0 Å². The average molecular weight is 330 g/mol. The number of benzene rings is 2. The third kappa shape index (κ3) is 2.12. The molecule has 2 unspecified atom stereocenters. The highest BCUT2D eigenvalue weighted by molar-refractivity contribution is 6.18. The summed E-state index contributed by atoms with van der Waals surface area (Å²) < 4.78 is 5.95. The van der Waals surface area contributed by atoms with Gasteiger partial charge in [0.25, 0.3) is 0 Å². The minimum Gasteiger partial charge on any atom is -0.488 e. The Labute approximate surface area is 146 Å². The molecular formula is C22H18O3. The molecule has 2 aromatic rings. The molecule has 0 aliphatic heterocycles. The monoisotopic (exact) mass is 330 g/mol. The molecule has 3 nitrogen and oxygen atoms in total. The fourth-order valence-electron chi connectivity index (χ4n) is 4.73. The predicted octanol–water partition coefficient (Wildman–Crippen LogP) is 4.08. The maximum atomic E-state index is 13.2. The highest BCUT2D eigenvalue weighted by Crippen LogP contribution is 2.53. The van der Waals surface area contributed by atoms with Gasteiger partial charge in [0.1, 0.15) is 12.4 Å². The van der Waals surface area contributed by atoms with Crippen LogP contribution in [0.1, 0.15) is 32.7 Å². The van der Waals surface area contributed by atoms with Gasteiger partial charge in [-0.05, 0) is 29.9 Å². The molecular weight excluding hydrogens is 312 g/mol. The van der Waals surface area contributed by atoms with Crippen LogP contribution >= 0.6 is 0 Å². The van der Waals surface area contributed by atoms with Gasteiger partial charge in [-0.3, -0.25) is 9.59 Å². The van der Waals surface area contributed by atoms with Crippen molar-refractivity contribution in [1.82, 2.24) is 0 Å². The molecule has 0 radical (unpaired) electrons. The Kier molecular flexibility index (Phi) is 3.17. The number of hydrogen-bond donors (Lipinski definition) is 0. The lowest BCUT2D eigenvalue weighted by atomic mass is 9.69. The molecule has 2 aromatic carbocycles. The second-order valence-electron chi connectivity index (χ2n) is 7.18. The van der Waals surface area contributed by atoms with Gasteiger partial charge in [-0.2, -0.15) is 0 Å². The summed E-state index contributed by atoms with van der Waals surface area (Å²) in [6, 6.07) is 15.2. The highest BCUT2D eigenvalue weighted by Gasteiger charge is 2.55. The number of allylic oxidation sites excluding steroid dienone is 2. The molecule has 0 saturated heterocycles. The predicted molar refractivity (Wildman–Crippen MR) is 93.6 cm³/mol. The molecule has 0 N–H and O–H groups in total. The van der Waals surface area contributed by atoms with E-state index in [2.05, 4.69) is 12.2 Å². The molecule has 0 spiro atoms. The second-order valence-corrected chi connectivity index (χ2v) is 7.18. The zero-order chi connectivity index (χ0) is 17.0. The van der Waals surface area contributed by atoms with Crippen molar-refractivity contribution in [2.75, 3.05) is 0 Å². The number of Topliss-reactive ketones (excluding diaryl/α,β-unsaturated/α-hetero) is 2. The summed E-state index contributed by atoms with van der Waals surface area (Å²) in [6.07, 6.45) is 5.17. The van der Waals surface area contributed by atoms with E-state index >= 15 is 0 Å². The van der Waals surface area contributed by atoms with E-state index in [-0.39, 0.29) is 35.2 Å². The van der Waals surface area contributed by atoms with Crippen molar-refractivity contribution in [2.24, 2.45) is 23.7 Å². The first-order valence-corrected chi connectivity index (χ1v) is 8.80. The first-order valence-electron chi connectivity index (χ1n) is 8.80. The Balaban J connectivity index is 1.52. The summed E-state index contributed by atoms with van der Waals surface area (Å²) >= 11 is 0. The maximum absolute atomic E-state index is 13.2. The van der Waals surface area contributed by atoms with Crippen molar-refractivity contribution in [3.05, 3.63) is 77.4 Å². The van der Waals surface area contributed by atoms with Gasteiger partial charge in [0.2, 0.25) is 0 Å². The van der Waals surface area contributed by atoms with E-state index in [0.717, 1.165) is 12.0 Å². The van der Waals surface area contributed by atoms with Crippen molar-refractivity contribution in [3.63, 3.8) is 0 Å². The van der Waals surface area contributed by atoms with Crippen molar-refractivity contribution < 1.29 is 14.3 Å². The number of carbonyl (C=O) groups is 2. The first kappa shape index (κ1) is 14.6. The molecule has 25 heavy (non-hydrogen) atoms. The topological polar surface area (TPSA) is 43.4 Å². The smallest absolute Gasteiger partial charge is 0.171 e. The standard InChI is InChI=1S/C22H18O3/c23-21-16-7-4-8-17(25-12-13-5-2-1-3-6-13)20(16)22(24)19-15-10-9-14(11-15)18(19)21/h1-10,14-15,18-19H,11-12H2/t14-,15+,18?,19?/m1/s1. The number of hydrogen-bond acceptors (Lipinski definition) is 3. The van der Waals surface area contributed by atoms with Gasteiger partial charge < -0.3 is 4.74 Å². The molecule has 5 rings (SSSR count). The molecule has 0 amide bonds. The van der Waals surface area contributed by atoms with Crippen LogP contribution < -0.4 is 4.74 Å². The van der Waals surface area contributed by atoms with Crippen LogP contribution in [-0.4, -0.2) is 11.6 Å². The Bertz CT molecular complexity index is 897. The van der Waals surface area contributed by atoms with E-state index in [1.54, 1.807) is 12.1 Å². The molecule has 0 heterocycles. The highest BCUT2D eigenvalue weighted by atomic mass is 16.5. The molecule has 1 fully saturated rings. The summed E-state index contributed by atoms with van der Waals surface area (Å²) in [4.78, 5) is 26.2. The number of ketones is 2. The third-order valence-corrected chi connectivity index (χ3v) is 5.84. The number of ether oxygens (including phenoxy) is 1. The third-order valence-electron chi connectivity index (χ3n) is 5.84. The fraction of sp³-hybridized carbons (Fsp3) is 0.273. The van der Waals surface area contributed by atoms with E-state index in [1.165, 1.54) is 0 Å². The summed E-state index contributed by atoms with van der Waals surface area (Å²) in [5.74, 6) is 0.803. The number of rotatable bonds is 3. The van der Waals surface area contributed by atoms with Crippen LogP contribution in [0, 0.1) is 23.7 Å². The van der Waals surface area contributed by atoms with Gasteiger partial charge in [-0.15, -0.1) is 0 Å². The summed E-state index contributed by atoms with van der Waals surface area (Å²) in [7, 11) is 0. The largest absolute Gasteiger partial charge is 0.488 e. The van der Waals surface area contributed by atoms with Gasteiger partial charge in [0.05, 0.1) is 5.56 Å². The van der Waals surface area contributed by atoms with Gasteiger partial charge in [0.15, 0.2) is 11.6 Å². The van der Waals surface area contributed by atoms with Crippen LogP contribution in [-0.2, 0) is 6.61 Å². The first-order chi connectivity index (χ1) is 12.2. The van der Waals surface area contributed by atoms with Crippen molar-refractivity contribution in [3.8, 4) is 5.75 Å². The number of carbonyl (C=O) groups excluding carboxylic acids is 2. The summed E-state index contributed by atoms with van der Waals surface area (Å²) in [6.45, 7) is 0.388. The van der Waals surface area contributed by atoms with E-state index < -0.39 is 0 Å². The molecule has 2 bridgehead atoms. The molecule has 124 valence electrons. The van der Waals surface area contributed by atoms with Gasteiger partial charge in [0, 0.05) is 17.4 Å². The molecule has 0 aromatic heterocycles. The van der Waals surface area contributed by atoms with Crippen LogP contribution in [0.4, 0.5) is 0 Å². The quantitative estimate of drug-likeness (QED) is 0.796. The lowest BCUT2D eigenvalue weighted by Crippen LogP contribution is -2.39. The Morgan fingerprint density at radius 1 is 0.840 bits per heavy atom. The zero-order valence-corrected chi connectivity index (χ0v) is 13.7. The van der Waals surface area contributed by atoms with Crippen LogP contribution in [0.5, 0.6) is 5.75 Å². The normalized spacial score (nSPS) is 28.8. The van der Waals surface area contributed by atoms with Gasteiger partial charge in [-0.1, -0.05) is 54.6 Å². The molecule has 3 aliphatic carbocycles. The average Bonchev–Trinajstić information content (AvgIpc) is 3.27. The maximum Gasteiger partial charge on any atom is 0.171 e. The van der Waals surface area contributed by atoms with Crippen molar-refractivity contribution in [1.29, 1.82) is 0 Å². The second kappa shape index (κ2) is 5.41. The molecule has 1 saturated carbocycles. The van der Waals surface area contributed by atoms with Crippen LogP contribution in [0.15, 0.2) is 60.7 Å². The minimum atomic E-state index is -0.198. The van der Waals surface area contributed by atoms with Crippen LogP contribution in [0.3, 0.4) is 0 Å². The molecule has 3 heteroatoms. The summed E-state index contributed by atoms with van der Waals surface area (Å²) in [5, 5.41) is 0. The minimum absolute atomic E-state index is 0.0834. The number of fused-ring (bicyclic) bond motifs is 6. The summed E-state index contributed by atoms with van der Waals surface area (Å²) in [5.41, 5.74) is 2.07. The van der Waals surface area contributed by atoms with Crippen LogP contribution in [0.2, 0.25) is 0 Å². The lowest BCUT2D eigenvalue weighted by molar-refractivity contribution is 0.0716. The molecule has 3 aliphatic rings. The molecule has 4 atom stereocenters. The zero-order valence-electron chi connectivity index (χ0n) is 13.7. The van der Waals surface area contributed by atoms with E-state index in [9.17, 15) is 9.59 Å². The van der Waals surface area contributed by atoms with Crippen molar-refractivity contribution >= 4 is 11.6 Å². The fourth-order valence-corrected chi connectivity index (χ4v) is 4.73. The Morgan fingerprint density at radius 2 is 1.56 bits per heavy atom. The van der Waals surface area contributed by atoms with Crippen LogP contribution in [0.25, 0.3) is 0 Å². The Hall–Kier alpha value is -2.68. The SMILES string of the molecule is O=C1c2cccc(OCc3ccccc3)c2C(=O)C2C1[C@@H]1C=C[C@H]2C1. The van der Waals surface area contributed by atoms with E-state index in [4.69, 9.17) is 4.74 Å². The van der Waals surface area contributed by atoms with Gasteiger partial charge in [-0.25, -0.2) is 0 Å².